The highest BCUT2D eigenvalue weighted by Gasteiger charge is 2.49. The van der Waals surface area contributed by atoms with Crippen molar-refractivity contribution in [2.45, 2.75) is 44.2 Å². The molecule has 0 spiro atoms. The van der Waals surface area contributed by atoms with Crippen LogP contribution >= 0.6 is 35.7 Å². The second-order valence-corrected chi connectivity index (χ2v) is 10.7. The van der Waals surface area contributed by atoms with Crippen LogP contribution < -0.4 is 10.8 Å². The van der Waals surface area contributed by atoms with Gasteiger partial charge in [-0.1, -0.05) is 6.08 Å². The van der Waals surface area contributed by atoms with Crippen molar-refractivity contribution in [1.82, 2.24) is 9.80 Å². The molecule has 0 aromatic rings. The number of nitrogens with zero attached hydrogens (tertiary/aromatic N) is 3. The van der Waals surface area contributed by atoms with E-state index in [4.69, 9.17) is 10.5 Å². The van der Waals surface area contributed by atoms with Gasteiger partial charge < -0.3 is 29.8 Å². The van der Waals surface area contributed by atoms with Crippen LogP contribution in [-0.4, -0.2) is 95.8 Å². The molecule has 2 aliphatic rings. The zero-order valence-electron chi connectivity index (χ0n) is 19.6. The first-order chi connectivity index (χ1) is 14.2. The van der Waals surface area contributed by atoms with Crippen molar-refractivity contribution in [2.24, 2.45) is 5.73 Å². The van der Waals surface area contributed by atoms with Gasteiger partial charge in [0.05, 0.1) is 38.9 Å². The van der Waals surface area contributed by atoms with E-state index in [1.165, 1.54) is 16.7 Å². The predicted octanol–water partition coefficient (Wildman–Crippen LogP) is 0.740. The molecule has 1 fully saturated rings. The molecule has 0 radical (unpaired) electrons. The van der Waals surface area contributed by atoms with E-state index in [9.17, 15) is 19.5 Å². The maximum absolute atomic E-state index is 12.0. The number of amides is 2. The maximum atomic E-state index is 12.0. The van der Waals surface area contributed by atoms with E-state index in [-0.39, 0.29) is 47.0 Å². The summed E-state index contributed by atoms with van der Waals surface area (Å²) in [5, 5.41) is 11.3. The number of carboxylic acid groups (broad SMARTS) is 1. The monoisotopic (exact) mass is 582 g/mol. The molecule has 0 saturated carbocycles. The van der Waals surface area contributed by atoms with Gasteiger partial charge in [-0.15, -0.1) is 35.7 Å². The van der Waals surface area contributed by atoms with Crippen LogP contribution in [0.4, 0.5) is 4.79 Å². The number of hydrogen-bond acceptors (Lipinski definition) is 7. The quantitative estimate of drug-likeness (QED) is 0.255. The highest BCUT2D eigenvalue weighted by atomic mass is 127. The average Bonchev–Trinajstić information content (AvgIpc) is 2.64. The number of fused-ring (bicyclic) bond motifs is 1. The zero-order valence-corrected chi connectivity index (χ0v) is 22.8. The number of carbonyl (C=O) groups is 3. The van der Waals surface area contributed by atoms with Crippen LogP contribution in [0.3, 0.4) is 0 Å². The van der Waals surface area contributed by atoms with Gasteiger partial charge in [0.25, 0.3) is 0 Å². The molecule has 2 aliphatic heterocycles. The second kappa shape index (κ2) is 11.2. The number of aliphatic carboxylic acids is 1. The van der Waals surface area contributed by atoms with E-state index < -0.39 is 17.6 Å². The van der Waals surface area contributed by atoms with Gasteiger partial charge in [0.15, 0.2) is 0 Å². The number of carbonyl (C=O) groups excluding carboxylic acids is 3. The lowest BCUT2D eigenvalue weighted by atomic mass is 10.0. The van der Waals surface area contributed by atoms with Crippen molar-refractivity contribution in [3.8, 4) is 0 Å². The van der Waals surface area contributed by atoms with Crippen LogP contribution in [0.25, 0.3) is 0 Å². The molecular weight excluding hydrogens is 547 g/mol. The Morgan fingerprint density at radius 2 is 2.00 bits per heavy atom. The number of ether oxygens (including phenoxy) is 1. The third kappa shape index (κ3) is 7.35. The van der Waals surface area contributed by atoms with Crippen LogP contribution in [0.5, 0.6) is 0 Å². The minimum Gasteiger partial charge on any atom is -0.543 e. The topological polar surface area (TPSA) is 116 Å². The molecule has 1 saturated heterocycles. The number of halogens is 1. The van der Waals surface area contributed by atoms with E-state index >= 15 is 0 Å². The Labute approximate surface area is 211 Å². The van der Waals surface area contributed by atoms with Crippen LogP contribution in [0.2, 0.25) is 0 Å². The molecule has 0 aromatic carbocycles. The minimum absolute atomic E-state index is 0. The molecule has 0 aromatic heterocycles. The smallest absolute Gasteiger partial charge is 0.410 e. The first-order valence-corrected chi connectivity index (χ1v) is 11.4. The molecule has 0 aliphatic carbocycles. The fourth-order valence-electron chi connectivity index (χ4n) is 3.40. The Morgan fingerprint density at radius 1 is 1.38 bits per heavy atom. The number of allylic oxidation sites excluding steroid dienone is 1. The largest absolute Gasteiger partial charge is 0.543 e. The highest BCUT2D eigenvalue weighted by molar-refractivity contribution is 14.0. The van der Waals surface area contributed by atoms with E-state index in [0.29, 0.717) is 28.9 Å². The Hall–Kier alpha value is -1.31. The molecule has 0 bridgehead atoms. The van der Waals surface area contributed by atoms with Crippen LogP contribution in [-0.2, 0) is 14.3 Å². The summed E-state index contributed by atoms with van der Waals surface area (Å²) in [4.78, 5) is 38.5. The molecule has 0 unspecified atom stereocenters. The minimum atomic E-state index is -1.36. The second-order valence-electron chi connectivity index (χ2n) is 9.60. The van der Waals surface area contributed by atoms with Crippen molar-refractivity contribution < 1.29 is 28.7 Å². The van der Waals surface area contributed by atoms with Crippen LogP contribution in [0.15, 0.2) is 23.4 Å². The van der Waals surface area contributed by atoms with E-state index in [1.54, 1.807) is 18.0 Å². The SMILES string of the molecule is CN(CCC[N+](C)(C)C/C=C/C1=C(C(=O)[O-])N2C(=O)[C@@H](N)[C@H]2SC1)C(=O)OC(C)(C)C.I. The number of hydrogen-bond donors (Lipinski definition) is 1. The summed E-state index contributed by atoms with van der Waals surface area (Å²) < 4.78 is 6.02. The van der Waals surface area contributed by atoms with E-state index in [0.717, 1.165) is 13.0 Å². The predicted molar refractivity (Wildman–Crippen MR) is 133 cm³/mol. The first-order valence-electron chi connectivity index (χ1n) is 10.3. The third-order valence-corrected chi connectivity index (χ3v) is 6.44. The number of likely N-dealkylation sites (N-methyl/N-ethyl adjacent to an activating group) is 1. The number of nitrogens with two attached hydrogens (primary N) is 1. The lowest BCUT2D eigenvalue weighted by molar-refractivity contribution is -0.884. The number of β-lactam (4-membered cyclic amide) rings is 1. The van der Waals surface area contributed by atoms with Crippen LogP contribution in [0.1, 0.15) is 27.2 Å². The van der Waals surface area contributed by atoms with Gasteiger partial charge in [-0.3, -0.25) is 9.69 Å². The average molecular weight is 583 g/mol. The van der Waals surface area contributed by atoms with Crippen molar-refractivity contribution in [1.29, 1.82) is 0 Å². The number of quaternary nitrogens is 1. The summed E-state index contributed by atoms with van der Waals surface area (Å²) in [6, 6.07) is -0.653. The fourth-order valence-corrected chi connectivity index (χ4v) is 4.66. The summed E-state index contributed by atoms with van der Waals surface area (Å²) >= 11 is 1.46. The lowest BCUT2D eigenvalue weighted by Crippen LogP contribution is -2.69. The molecule has 2 heterocycles. The zero-order chi connectivity index (χ0) is 23.6. The molecular formula is C21H35IN4O5S. The van der Waals surface area contributed by atoms with Crippen LogP contribution in [0, 0.1) is 0 Å². The number of carboxylic acids is 1. The van der Waals surface area contributed by atoms with Gasteiger partial charge in [0.1, 0.15) is 17.0 Å². The summed E-state index contributed by atoms with van der Waals surface area (Å²) in [5.41, 5.74) is 5.73. The highest BCUT2D eigenvalue weighted by Crippen LogP contribution is 2.39. The summed E-state index contributed by atoms with van der Waals surface area (Å²) in [6.45, 7) is 7.58. The van der Waals surface area contributed by atoms with Crippen molar-refractivity contribution in [2.75, 3.05) is 46.5 Å². The number of thioether (sulfide) groups is 1. The van der Waals surface area contributed by atoms with Gasteiger partial charge >= 0.3 is 6.09 Å². The third-order valence-electron chi connectivity index (χ3n) is 5.11. The van der Waals surface area contributed by atoms with Crippen molar-refractivity contribution >= 4 is 53.7 Å². The van der Waals surface area contributed by atoms with Gasteiger partial charge in [0.2, 0.25) is 5.91 Å². The molecule has 2 amide bonds. The normalized spacial score (nSPS) is 21.1. The number of rotatable bonds is 8. The molecule has 2 N–H and O–H groups in total. The molecule has 2 atom stereocenters. The first kappa shape index (κ1) is 28.7. The maximum Gasteiger partial charge on any atom is 0.410 e. The summed E-state index contributed by atoms with van der Waals surface area (Å²) in [6.07, 6.45) is 4.13. The molecule has 9 nitrogen and oxygen atoms in total. The molecule has 32 heavy (non-hydrogen) atoms. The van der Waals surface area contributed by atoms with Gasteiger partial charge in [-0.05, 0) is 32.4 Å². The Kier molecular flexibility index (Phi) is 10.1. The van der Waals surface area contributed by atoms with Crippen molar-refractivity contribution in [3.63, 3.8) is 0 Å². The molecule has 2 rings (SSSR count). The van der Waals surface area contributed by atoms with Gasteiger partial charge in [-0.25, -0.2) is 4.79 Å². The van der Waals surface area contributed by atoms with Crippen molar-refractivity contribution in [3.05, 3.63) is 23.4 Å². The molecule has 11 heteroatoms. The van der Waals surface area contributed by atoms with E-state index in [2.05, 4.69) is 14.1 Å². The van der Waals surface area contributed by atoms with E-state index in [1.807, 2.05) is 26.8 Å². The fraction of sp³-hybridized carbons (Fsp3) is 0.667. The van der Waals surface area contributed by atoms with Gasteiger partial charge in [0, 0.05) is 25.8 Å². The lowest BCUT2D eigenvalue weighted by Gasteiger charge is -2.49. The Morgan fingerprint density at radius 3 is 2.56 bits per heavy atom. The summed E-state index contributed by atoms with van der Waals surface area (Å²) in [5.74, 6) is -1.27. The Balaban J connectivity index is 0.00000512. The Bertz CT molecular complexity index is 794. The summed E-state index contributed by atoms with van der Waals surface area (Å²) in [7, 11) is 5.85. The molecule has 182 valence electrons. The van der Waals surface area contributed by atoms with Gasteiger partial charge in [-0.2, -0.15) is 0 Å². The standard InChI is InChI=1S/C21H34N4O5S.HI/c1-21(2,3)30-20(29)23(4)10-8-12-25(5,6)11-7-9-14-13-31-18-15(22)17(26)24(18)16(14)19(27)28;/h7,9,15,18H,8,10-13,22H2,1-6H3;1H/b9-7+;/t15-,18-;/m1./s1.